The zero-order valence-corrected chi connectivity index (χ0v) is 10.5. The summed E-state index contributed by atoms with van der Waals surface area (Å²) in [5, 5.41) is 0. The monoisotopic (exact) mass is 230 g/mol. The summed E-state index contributed by atoms with van der Waals surface area (Å²) in [6.45, 7) is 6.20. The summed E-state index contributed by atoms with van der Waals surface area (Å²) < 4.78 is 0.660. The zero-order valence-electron chi connectivity index (χ0n) is 9.66. The van der Waals surface area contributed by atoms with Crippen LogP contribution in [0.3, 0.4) is 0 Å². The number of nitrogens with zero attached hydrogens (tertiary/aromatic N) is 1. The predicted molar refractivity (Wildman–Crippen MR) is 69.1 cm³/mol. The van der Waals surface area contributed by atoms with Crippen LogP contribution >= 0.6 is 12.2 Å². The van der Waals surface area contributed by atoms with Crippen molar-refractivity contribution >= 4 is 12.2 Å². The summed E-state index contributed by atoms with van der Waals surface area (Å²) in [6.07, 6.45) is 1.66. The minimum absolute atomic E-state index is 0.660. The van der Waals surface area contributed by atoms with Crippen LogP contribution in [0.5, 0.6) is 0 Å². The average molecular weight is 230 g/mol. The van der Waals surface area contributed by atoms with E-state index in [4.69, 9.17) is 12.2 Å². The maximum Gasteiger partial charge on any atom is 0.132 e. The Bertz CT molecular complexity index is 564. The second-order valence-electron chi connectivity index (χ2n) is 4.08. The van der Waals surface area contributed by atoms with Crippen molar-refractivity contribution in [1.29, 1.82) is 0 Å². The van der Waals surface area contributed by atoms with Crippen LogP contribution in [0.25, 0.3) is 11.3 Å². The van der Waals surface area contributed by atoms with E-state index in [1.165, 1.54) is 16.7 Å². The summed E-state index contributed by atoms with van der Waals surface area (Å²) in [5.74, 6) is 0. The minimum Gasteiger partial charge on any atom is -0.346 e. The number of benzene rings is 1. The Kier molecular flexibility index (Phi) is 2.88. The van der Waals surface area contributed by atoms with Crippen LogP contribution in [0.2, 0.25) is 0 Å². The molecular weight excluding hydrogens is 216 g/mol. The number of aromatic amines is 1. The molecule has 0 fully saturated rings. The lowest BCUT2D eigenvalue weighted by molar-refractivity contribution is 1.11. The van der Waals surface area contributed by atoms with Crippen molar-refractivity contribution in [1.82, 2.24) is 9.97 Å². The molecule has 0 aliphatic carbocycles. The third-order valence-corrected chi connectivity index (χ3v) is 3.01. The number of aromatic nitrogens is 2. The van der Waals surface area contributed by atoms with E-state index in [1.54, 1.807) is 6.33 Å². The fourth-order valence-electron chi connectivity index (χ4n) is 1.89. The first kappa shape index (κ1) is 11.0. The fourth-order valence-corrected chi connectivity index (χ4v) is 2.04. The molecule has 1 heterocycles. The van der Waals surface area contributed by atoms with Gasteiger partial charge in [0.15, 0.2) is 0 Å². The van der Waals surface area contributed by atoms with Gasteiger partial charge in [0.25, 0.3) is 0 Å². The third-order valence-electron chi connectivity index (χ3n) is 2.60. The summed E-state index contributed by atoms with van der Waals surface area (Å²) in [6, 6.07) is 6.47. The summed E-state index contributed by atoms with van der Waals surface area (Å²) >= 11 is 5.18. The van der Waals surface area contributed by atoms with E-state index in [0.717, 1.165) is 11.3 Å². The first-order chi connectivity index (χ1) is 7.58. The minimum atomic E-state index is 0.660. The maximum atomic E-state index is 5.18. The molecule has 16 heavy (non-hydrogen) atoms. The molecule has 0 amide bonds. The molecule has 0 aliphatic rings. The van der Waals surface area contributed by atoms with Crippen molar-refractivity contribution in [3.63, 3.8) is 0 Å². The van der Waals surface area contributed by atoms with Crippen molar-refractivity contribution in [2.24, 2.45) is 0 Å². The fraction of sp³-hybridized carbons (Fsp3) is 0.231. The van der Waals surface area contributed by atoms with E-state index in [2.05, 4.69) is 42.0 Å². The molecule has 0 aliphatic heterocycles. The zero-order chi connectivity index (χ0) is 11.7. The maximum absolute atomic E-state index is 5.18. The van der Waals surface area contributed by atoms with Gasteiger partial charge >= 0.3 is 0 Å². The number of hydrogen-bond donors (Lipinski definition) is 1. The Morgan fingerprint density at radius 3 is 2.31 bits per heavy atom. The molecule has 1 N–H and O–H groups in total. The first-order valence-electron chi connectivity index (χ1n) is 5.21. The van der Waals surface area contributed by atoms with Gasteiger partial charge in [0, 0.05) is 5.56 Å². The van der Waals surface area contributed by atoms with Crippen LogP contribution in [-0.2, 0) is 0 Å². The molecule has 2 nitrogen and oxygen atoms in total. The van der Waals surface area contributed by atoms with Crippen molar-refractivity contribution < 1.29 is 0 Å². The van der Waals surface area contributed by atoms with Gasteiger partial charge in [0.05, 0.1) is 12.0 Å². The predicted octanol–water partition coefficient (Wildman–Crippen LogP) is 3.73. The highest BCUT2D eigenvalue weighted by molar-refractivity contribution is 7.71. The van der Waals surface area contributed by atoms with Crippen molar-refractivity contribution in [3.05, 3.63) is 45.9 Å². The number of hydrogen-bond acceptors (Lipinski definition) is 2. The van der Waals surface area contributed by atoms with Gasteiger partial charge in [0.2, 0.25) is 0 Å². The Morgan fingerprint density at radius 1 is 1.06 bits per heavy atom. The normalized spacial score (nSPS) is 10.4. The smallest absolute Gasteiger partial charge is 0.132 e. The molecule has 0 radical (unpaired) electrons. The standard InChI is InChI=1S/C13H14N2S/c1-8-4-9(2)6-11(5-8)12-10(3)13(16)15-7-14-12/h4-7H,1-3H3,(H,14,15,16). The van der Waals surface area contributed by atoms with E-state index in [9.17, 15) is 0 Å². The summed E-state index contributed by atoms with van der Waals surface area (Å²) in [4.78, 5) is 7.24. The second-order valence-corrected chi connectivity index (χ2v) is 4.47. The van der Waals surface area contributed by atoms with E-state index in [-0.39, 0.29) is 0 Å². The molecule has 0 saturated carbocycles. The molecule has 0 bridgehead atoms. The van der Waals surface area contributed by atoms with Crippen molar-refractivity contribution in [3.8, 4) is 11.3 Å². The number of H-pyrrole nitrogens is 1. The Labute approximate surface area is 100 Å². The van der Waals surface area contributed by atoms with E-state index < -0.39 is 0 Å². The highest BCUT2D eigenvalue weighted by Crippen LogP contribution is 2.23. The number of aryl methyl sites for hydroxylation is 2. The van der Waals surface area contributed by atoms with Crippen LogP contribution in [0.4, 0.5) is 0 Å². The van der Waals surface area contributed by atoms with Crippen LogP contribution in [0, 0.1) is 25.4 Å². The first-order valence-corrected chi connectivity index (χ1v) is 5.61. The Hall–Kier alpha value is -1.48. The lowest BCUT2D eigenvalue weighted by Gasteiger charge is -2.08. The van der Waals surface area contributed by atoms with E-state index in [0.29, 0.717) is 4.64 Å². The van der Waals surface area contributed by atoms with Crippen LogP contribution < -0.4 is 0 Å². The molecular formula is C13H14N2S. The largest absolute Gasteiger partial charge is 0.346 e. The van der Waals surface area contributed by atoms with Gasteiger partial charge < -0.3 is 4.98 Å². The van der Waals surface area contributed by atoms with Gasteiger partial charge in [-0.05, 0) is 38.5 Å². The molecule has 0 atom stereocenters. The van der Waals surface area contributed by atoms with Gasteiger partial charge in [-0.1, -0.05) is 29.4 Å². The summed E-state index contributed by atoms with van der Waals surface area (Å²) in [5.41, 5.74) is 5.77. The molecule has 0 saturated heterocycles. The highest BCUT2D eigenvalue weighted by atomic mass is 32.1. The molecule has 2 rings (SSSR count). The molecule has 0 spiro atoms. The van der Waals surface area contributed by atoms with Gasteiger partial charge in [-0.3, -0.25) is 0 Å². The average Bonchev–Trinajstić information content (AvgIpc) is 2.20. The van der Waals surface area contributed by atoms with Gasteiger partial charge in [-0.15, -0.1) is 0 Å². The van der Waals surface area contributed by atoms with Crippen LogP contribution in [-0.4, -0.2) is 9.97 Å². The van der Waals surface area contributed by atoms with Gasteiger partial charge in [-0.2, -0.15) is 0 Å². The van der Waals surface area contributed by atoms with Gasteiger partial charge in [0.1, 0.15) is 4.64 Å². The van der Waals surface area contributed by atoms with E-state index in [1.807, 2.05) is 6.92 Å². The highest BCUT2D eigenvalue weighted by Gasteiger charge is 2.04. The lowest BCUT2D eigenvalue weighted by Crippen LogP contribution is -1.92. The Balaban J connectivity index is 2.67. The molecule has 0 unspecified atom stereocenters. The van der Waals surface area contributed by atoms with E-state index >= 15 is 0 Å². The third kappa shape index (κ3) is 2.04. The van der Waals surface area contributed by atoms with Crippen molar-refractivity contribution in [2.75, 3.05) is 0 Å². The molecule has 82 valence electrons. The van der Waals surface area contributed by atoms with Gasteiger partial charge in [-0.25, -0.2) is 4.98 Å². The molecule has 1 aromatic carbocycles. The molecule has 2 aromatic rings. The Morgan fingerprint density at radius 2 is 1.69 bits per heavy atom. The molecule has 1 aromatic heterocycles. The van der Waals surface area contributed by atoms with Crippen molar-refractivity contribution in [2.45, 2.75) is 20.8 Å². The summed E-state index contributed by atoms with van der Waals surface area (Å²) in [7, 11) is 0. The van der Waals surface area contributed by atoms with Crippen LogP contribution in [0.1, 0.15) is 16.7 Å². The topological polar surface area (TPSA) is 28.7 Å². The SMILES string of the molecule is Cc1cc(C)cc(-c2[nH]cnc(=S)c2C)c1. The number of nitrogens with one attached hydrogen (secondary N) is 1. The number of rotatable bonds is 1. The molecule has 3 heteroatoms. The quantitative estimate of drug-likeness (QED) is 0.756. The lowest BCUT2D eigenvalue weighted by atomic mass is 10.0. The van der Waals surface area contributed by atoms with Crippen LogP contribution in [0.15, 0.2) is 24.5 Å². The second kappa shape index (κ2) is 4.18.